The van der Waals surface area contributed by atoms with Crippen molar-refractivity contribution in [3.8, 4) is 0 Å². The van der Waals surface area contributed by atoms with Crippen molar-refractivity contribution in [2.45, 2.75) is 63.8 Å². The summed E-state index contributed by atoms with van der Waals surface area (Å²) in [6.45, 7) is 0.648. The fraction of sp³-hybridized carbons (Fsp3) is 0.750. The number of carbonyl (C=O) groups excluding carboxylic acids is 1. The largest absolute Gasteiger partial charge is 0.330 e. The Hall–Kier alpha value is -1.16. The Kier molecular flexibility index (Phi) is 3.92. The number of nitrogens with two attached hydrogens (primary N) is 1. The molecular weight excluding hydrogens is 250 g/mol. The standard InChI is InChI=1S/C16H25N3O/c17-12-16(7-3-8-16)11-15(20)10-13-6-9-19(18-13)14-4-1-2-5-14/h6,9,14H,1-5,7-8,10-12,17H2. The van der Waals surface area contributed by atoms with Gasteiger partial charge in [0.15, 0.2) is 0 Å². The molecule has 0 unspecified atom stereocenters. The van der Waals surface area contributed by atoms with Crippen LogP contribution < -0.4 is 5.73 Å². The number of carbonyl (C=O) groups is 1. The average Bonchev–Trinajstić information content (AvgIpc) is 3.03. The molecule has 1 aromatic heterocycles. The van der Waals surface area contributed by atoms with Crippen LogP contribution in [0.4, 0.5) is 0 Å². The molecule has 4 nitrogen and oxygen atoms in total. The first kappa shape index (κ1) is 13.8. The van der Waals surface area contributed by atoms with E-state index >= 15 is 0 Å². The maximum Gasteiger partial charge on any atom is 0.139 e. The monoisotopic (exact) mass is 275 g/mol. The topological polar surface area (TPSA) is 60.9 Å². The summed E-state index contributed by atoms with van der Waals surface area (Å²) in [5.41, 5.74) is 6.87. The molecule has 1 aromatic rings. The lowest BCUT2D eigenvalue weighted by molar-refractivity contribution is -0.122. The Bertz CT molecular complexity index is 464. The molecule has 20 heavy (non-hydrogen) atoms. The summed E-state index contributed by atoms with van der Waals surface area (Å²) in [6, 6.07) is 2.56. The van der Waals surface area contributed by atoms with Gasteiger partial charge in [-0.3, -0.25) is 9.48 Å². The number of Topliss-reactive ketones (excluding diaryl/α,β-unsaturated/α-hetero) is 1. The van der Waals surface area contributed by atoms with E-state index in [1.165, 1.54) is 32.1 Å². The van der Waals surface area contributed by atoms with Gasteiger partial charge in [0.05, 0.1) is 18.2 Å². The minimum atomic E-state index is 0.116. The van der Waals surface area contributed by atoms with Crippen LogP contribution in [0.1, 0.15) is 63.1 Å². The van der Waals surface area contributed by atoms with Crippen molar-refractivity contribution in [2.24, 2.45) is 11.1 Å². The van der Waals surface area contributed by atoms with E-state index in [-0.39, 0.29) is 5.41 Å². The van der Waals surface area contributed by atoms with Crippen molar-refractivity contribution in [1.29, 1.82) is 0 Å². The van der Waals surface area contributed by atoms with Crippen molar-refractivity contribution in [2.75, 3.05) is 6.54 Å². The highest BCUT2D eigenvalue weighted by atomic mass is 16.1. The molecule has 110 valence electrons. The highest BCUT2D eigenvalue weighted by molar-refractivity contribution is 5.81. The van der Waals surface area contributed by atoms with Gasteiger partial charge in [-0.25, -0.2) is 0 Å². The SMILES string of the molecule is NCC1(CC(=O)Cc2ccn(C3CCCC3)n2)CCC1. The summed E-state index contributed by atoms with van der Waals surface area (Å²) in [4.78, 5) is 12.2. The second-order valence-electron chi connectivity index (χ2n) is 6.68. The van der Waals surface area contributed by atoms with Gasteiger partial charge in [0.2, 0.25) is 0 Å². The zero-order valence-corrected chi connectivity index (χ0v) is 12.2. The van der Waals surface area contributed by atoms with Gasteiger partial charge < -0.3 is 5.73 Å². The highest BCUT2D eigenvalue weighted by Crippen LogP contribution is 2.43. The van der Waals surface area contributed by atoms with Gasteiger partial charge >= 0.3 is 0 Å². The Labute approximate surface area is 120 Å². The molecule has 0 bridgehead atoms. The third-order valence-electron chi connectivity index (χ3n) is 5.16. The maximum atomic E-state index is 12.2. The van der Waals surface area contributed by atoms with Crippen molar-refractivity contribution in [1.82, 2.24) is 9.78 Å². The van der Waals surface area contributed by atoms with Gasteiger partial charge in [-0.1, -0.05) is 19.3 Å². The molecular formula is C16H25N3O. The molecule has 4 heteroatoms. The molecule has 0 aromatic carbocycles. The summed E-state index contributed by atoms with van der Waals surface area (Å²) in [7, 11) is 0. The molecule has 0 saturated heterocycles. The zero-order chi connectivity index (χ0) is 14.0. The summed E-state index contributed by atoms with van der Waals surface area (Å²) in [5.74, 6) is 0.298. The molecule has 0 amide bonds. The Morgan fingerprint density at radius 2 is 2.10 bits per heavy atom. The number of ketones is 1. The molecule has 2 fully saturated rings. The molecule has 1 heterocycles. The lowest BCUT2D eigenvalue weighted by atomic mass is 9.66. The number of hydrogen-bond acceptors (Lipinski definition) is 3. The van der Waals surface area contributed by atoms with Crippen molar-refractivity contribution in [3.63, 3.8) is 0 Å². The third kappa shape index (κ3) is 2.80. The van der Waals surface area contributed by atoms with Crippen LogP contribution in [-0.2, 0) is 11.2 Å². The molecule has 2 N–H and O–H groups in total. The number of rotatable bonds is 6. The molecule has 2 saturated carbocycles. The van der Waals surface area contributed by atoms with Crippen molar-refractivity contribution in [3.05, 3.63) is 18.0 Å². The second kappa shape index (κ2) is 5.68. The van der Waals surface area contributed by atoms with Gasteiger partial charge in [-0.2, -0.15) is 5.10 Å². The Balaban J connectivity index is 1.56. The van der Waals surface area contributed by atoms with Crippen molar-refractivity contribution >= 4 is 5.78 Å². The fourth-order valence-electron chi connectivity index (χ4n) is 3.66. The first-order chi connectivity index (χ1) is 9.71. The second-order valence-corrected chi connectivity index (χ2v) is 6.68. The van der Waals surface area contributed by atoms with E-state index < -0.39 is 0 Å². The van der Waals surface area contributed by atoms with E-state index in [4.69, 9.17) is 5.73 Å². The highest BCUT2D eigenvalue weighted by Gasteiger charge is 2.37. The predicted molar refractivity (Wildman–Crippen MR) is 78.4 cm³/mol. The molecule has 3 rings (SSSR count). The first-order valence-electron chi connectivity index (χ1n) is 7.97. The minimum Gasteiger partial charge on any atom is -0.330 e. The number of nitrogens with zero attached hydrogens (tertiary/aromatic N) is 2. The Morgan fingerprint density at radius 1 is 1.35 bits per heavy atom. The van der Waals surface area contributed by atoms with E-state index in [1.54, 1.807) is 0 Å². The van der Waals surface area contributed by atoms with E-state index in [0.29, 0.717) is 31.2 Å². The lowest BCUT2D eigenvalue weighted by Gasteiger charge is -2.40. The van der Waals surface area contributed by atoms with Crippen LogP contribution in [0.3, 0.4) is 0 Å². The van der Waals surface area contributed by atoms with E-state index in [9.17, 15) is 4.79 Å². The van der Waals surface area contributed by atoms with E-state index in [0.717, 1.165) is 18.5 Å². The molecule has 0 spiro atoms. The van der Waals surface area contributed by atoms with E-state index in [1.807, 2.05) is 12.3 Å². The van der Waals surface area contributed by atoms with Gasteiger partial charge in [-0.15, -0.1) is 0 Å². The van der Waals surface area contributed by atoms with Gasteiger partial charge in [0.25, 0.3) is 0 Å². The lowest BCUT2D eigenvalue weighted by Crippen LogP contribution is -2.39. The van der Waals surface area contributed by atoms with Crippen LogP contribution >= 0.6 is 0 Å². The van der Waals surface area contributed by atoms with Gasteiger partial charge in [0, 0.05) is 12.6 Å². The molecule has 0 atom stereocenters. The van der Waals surface area contributed by atoms with Gasteiger partial charge in [-0.05, 0) is 43.7 Å². The smallest absolute Gasteiger partial charge is 0.139 e. The maximum absolute atomic E-state index is 12.2. The first-order valence-corrected chi connectivity index (χ1v) is 7.97. The quantitative estimate of drug-likeness (QED) is 0.868. The zero-order valence-electron chi connectivity index (χ0n) is 12.2. The summed E-state index contributed by atoms with van der Waals surface area (Å²) in [6.07, 6.45) is 11.7. The van der Waals surface area contributed by atoms with Crippen LogP contribution in [0.2, 0.25) is 0 Å². The van der Waals surface area contributed by atoms with Gasteiger partial charge in [0.1, 0.15) is 5.78 Å². The molecule has 0 aliphatic heterocycles. The molecule has 2 aliphatic rings. The summed E-state index contributed by atoms with van der Waals surface area (Å²) in [5, 5.41) is 4.60. The normalized spacial score (nSPS) is 21.9. The van der Waals surface area contributed by atoms with Crippen LogP contribution in [0, 0.1) is 5.41 Å². The Morgan fingerprint density at radius 3 is 2.70 bits per heavy atom. The van der Waals surface area contributed by atoms with Crippen LogP contribution in [0.15, 0.2) is 12.3 Å². The fourth-order valence-corrected chi connectivity index (χ4v) is 3.66. The predicted octanol–water partition coefficient (Wildman–Crippen LogP) is 2.63. The van der Waals surface area contributed by atoms with Crippen LogP contribution in [-0.4, -0.2) is 22.1 Å². The van der Waals surface area contributed by atoms with Crippen LogP contribution in [0.25, 0.3) is 0 Å². The third-order valence-corrected chi connectivity index (χ3v) is 5.16. The summed E-state index contributed by atoms with van der Waals surface area (Å²) < 4.78 is 2.07. The summed E-state index contributed by atoms with van der Waals surface area (Å²) >= 11 is 0. The number of hydrogen-bond donors (Lipinski definition) is 1. The molecule has 2 aliphatic carbocycles. The van der Waals surface area contributed by atoms with Crippen molar-refractivity contribution < 1.29 is 4.79 Å². The van der Waals surface area contributed by atoms with E-state index in [2.05, 4.69) is 9.78 Å². The minimum absolute atomic E-state index is 0.116. The van der Waals surface area contributed by atoms with Crippen LogP contribution in [0.5, 0.6) is 0 Å². The molecule has 0 radical (unpaired) electrons. The number of aromatic nitrogens is 2. The average molecular weight is 275 g/mol.